The second-order valence-electron chi connectivity index (χ2n) is 6.51. The lowest BCUT2D eigenvalue weighted by Crippen LogP contribution is -2.30. The van der Waals surface area contributed by atoms with E-state index in [0.29, 0.717) is 6.04 Å². The molecular weight excluding hydrogens is 352 g/mol. The van der Waals surface area contributed by atoms with Gasteiger partial charge in [-0.15, -0.1) is 12.4 Å². The molecule has 21 heavy (non-hydrogen) atoms. The Kier molecular flexibility index (Phi) is 4.51. The molecule has 3 nitrogen and oxygen atoms in total. The summed E-state index contributed by atoms with van der Waals surface area (Å²) in [7, 11) is 0. The van der Waals surface area contributed by atoms with Crippen LogP contribution in [0.2, 0.25) is 0 Å². The summed E-state index contributed by atoms with van der Waals surface area (Å²) in [4.78, 5) is 2.57. The highest BCUT2D eigenvalue weighted by atomic mass is 79.9. The molecule has 1 saturated heterocycles. The lowest BCUT2D eigenvalue weighted by Gasteiger charge is -2.20. The molecule has 1 aromatic carbocycles. The van der Waals surface area contributed by atoms with Crippen LogP contribution in [-0.4, -0.2) is 30.6 Å². The Morgan fingerprint density at radius 3 is 2.95 bits per heavy atom. The summed E-state index contributed by atoms with van der Waals surface area (Å²) in [6.07, 6.45) is 3.58. The first-order chi connectivity index (χ1) is 9.70. The van der Waals surface area contributed by atoms with E-state index in [4.69, 9.17) is 10.5 Å². The third-order valence-corrected chi connectivity index (χ3v) is 5.67. The maximum atomic E-state index is 6.23. The van der Waals surface area contributed by atoms with Gasteiger partial charge in [0.2, 0.25) is 0 Å². The normalized spacial score (nSPS) is 30.7. The molecule has 3 aliphatic rings. The summed E-state index contributed by atoms with van der Waals surface area (Å²) in [5.41, 5.74) is 8.92. The first-order valence-electron chi connectivity index (χ1n) is 7.63. The van der Waals surface area contributed by atoms with Gasteiger partial charge in [0.15, 0.2) is 0 Å². The van der Waals surface area contributed by atoms with Crippen LogP contribution < -0.4 is 10.5 Å². The van der Waals surface area contributed by atoms with Crippen LogP contribution >= 0.6 is 28.3 Å². The molecular formula is C16H22BrClN2O. The van der Waals surface area contributed by atoms with Crippen LogP contribution in [0, 0.1) is 11.8 Å². The smallest absolute Gasteiger partial charge is 0.127 e. The molecule has 1 saturated carbocycles. The van der Waals surface area contributed by atoms with E-state index in [9.17, 15) is 0 Å². The molecule has 4 rings (SSSR count). The van der Waals surface area contributed by atoms with Crippen molar-refractivity contribution in [2.75, 3.05) is 19.7 Å². The van der Waals surface area contributed by atoms with Gasteiger partial charge in [-0.3, -0.25) is 4.90 Å². The predicted octanol–water partition coefficient (Wildman–Crippen LogP) is 2.97. The van der Waals surface area contributed by atoms with E-state index in [1.54, 1.807) is 0 Å². The molecule has 2 heterocycles. The summed E-state index contributed by atoms with van der Waals surface area (Å²) in [6.45, 7) is 4.20. The summed E-state index contributed by atoms with van der Waals surface area (Å²) < 4.78 is 7.01. The minimum atomic E-state index is 0. The number of fused-ring (bicyclic) bond motifs is 2. The van der Waals surface area contributed by atoms with E-state index in [2.05, 4.69) is 33.0 Å². The van der Waals surface area contributed by atoms with Crippen molar-refractivity contribution in [1.82, 2.24) is 4.90 Å². The molecule has 0 bridgehead atoms. The molecule has 116 valence electrons. The third-order valence-electron chi connectivity index (χ3n) is 5.21. The summed E-state index contributed by atoms with van der Waals surface area (Å²) in [6, 6.07) is 4.84. The van der Waals surface area contributed by atoms with Gasteiger partial charge in [-0.05, 0) is 42.4 Å². The van der Waals surface area contributed by atoms with Crippen LogP contribution in [-0.2, 0) is 13.0 Å². The molecule has 1 aromatic rings. The van der Waals surface area contributed by atoms with Crippen molar-refractivity contribution in [1.29, 1.82) is 0 Å². The SMILES string of the molecule is Cl.NC1CCC2CN(Cc3cc(Br)cc4c3OCC4)CC12. The van der Waals surface area contributed by atoms with Crippen LogP contribution in [0.3, 0.4) is 0 Å². The number of halogens is 2. The molecule has 3 unspecified atom stereocenters. The number of ether oxygens (including phenoxy) is 1. The highest BCUT2D eigenvalue weighted by molar-refractivity contribution is 9.10. The number of hydrogen-bond acceptors (Lipinski definition) is 3. The Bertz CT molecular complexity index is 539. The zero-order chi connectivity index (χ0) is 13.7. The Morgan fingerprint density at radius 2 is 2.14 bits per heavy atom. The van der Waals surface area contributed by atoms with Gasteiger partial charge in [0.1, 0.15) is 5.75 Å². The minimum Gasteiger partial charge on any atom is -0.493 e. The average Bonchev–Trinajstić information content (AvgIpc) is 3.07. The molecule has 2 N–H and O–H groups in total. The first-order valence-corrected chi connectivity index (χ1v) is 8.42. The Hall–Kier alpha value is -0.290. The lowest BCUT2D eigenvalue weighted by atomic mass is 9.98. The van der Waals surface area contributed by atoms with Crippen molar-refractivity contribution in [3.63, 3.8) is 0 Å². The van der Waals surface area contributed by atoms with Crippen LogP contribution in [0.1, 0.15) is 24.0 Å². The van der Waals surface area contributed by atoms with Crippen LogP contribution in [0.25, 0.3) is 0 Å². The maximum absolute atomic E-state index is 6.23. The summed E-state index contributed by atoms with van der Waals surface area (Å²) >= 11 is 3.63. The Morgan fingerprint density at radius 1 is 1.29 bits per heavy atom. The van der Waals surface area contributed by atoms with Crippen molar-refractivity contribution in [2.45, 2.75) is 31.8 Å². The standard InChI is InChI=1S/C16H21BrN2O.ClH/c17-13-5-10-3-4-20-16(10)12(6-13)8-19-7-11-1-2-15(18)14(11)9-19;/h5-6,11,14-15H,1-4,7-9,18H2;1H. The van der Waals surface area contributed by atoms with Gasteiger partial charge in [-0.2, -0.15) is 0 Å². The molecule has 0 spiro atoms. The number of rotatable bonds is 2. The van der Waals surface area contributed by atoms with Crippen molar-refractivity contribution in [2.24, 2.45) is 17.6 Å². The van der Waals surface area contributed by atoms with Crippen molar-refractivity contribution in [3.8, 4) is 5.75 Å². The number of hydrogen-bond donors (Lipinski definition) is 1. The molecule has 3 atom stereocenters. The van der Waals surface area contributed by atoms with E-state index in [1.165, 1.54) is 35.0 Å². The monoisotopic (exact) mass is 372 g/mol. The van der Waals surface area contributed by atoms with E-state index in [-0.39, 0.29) is 12.4 Å². The zero-order valence-electron chi connectivity index (χ0n) is 12.1. The van der Waals surface area contributed by atoms with Gasteiger partial charge in [0, 0.05) is 42.1 Å². The second kappa shape index (κ2) is 6.07. The van der Waals surface area contributed by atoms with E-state index < -0.39 is 0 Å². The van der Waals surface area contributed by atoms with E-state index >= 15 is 0 Å². The number of nitrogens with two attached hydrogens (primary N) is 1. The highest BCUT2D eigenvalue weighted by Gasteiger charge is 2.41. The number of likely N-dealkylation sites (tertiary alicyclic amines) is 1. The molecule has 0 aromatic heterocycles. The molecule has 0 amide bonds. The molecule has 2 fully saturated rings. The zero-order valence-corrected chi connectivity index (χ0v) is 14.5. The average molecular weight is 374 g/mol. The van der Waals surface area contributed by atoms with E-state index in [0.717, 1.165) is 43.7 Å². The highest BCUT2D eigenvalue weighted by Crippen LogP contribution is 2.39. The van der Waals surface area contributed by atoms with Gasteiger partial charge < -0.3 is 10.5 Å². The van der Waals surface area contributed by atoms with Gasteiger partial charge in [-0.1, -0.05) is 15.9 Å². The van der Waals surface area contributed by atoms with E-state index in [1.807, 2.05) is 0 Å². The third kappa shape index (κ3) is 2.83. The van der Waals surface area contributed by atoms with Gasteiger partial charge in [0.25, 0.3) is 0 Å². The largest absolute Gasteiger partial charge is 0.493 e. The first kappa shape index (κ1) is 15.6. The predicted molar refractivity (Wildman–Crippen MR) is 90.1 cm³/mol. The summed E-state index contributed by atoms with van der Waals surface area (Å²) in [5, 5.41) is 0. The van der Waals surface area contributed by atoms with Gasteiger partial charge >= 0.3 is 0 Å². The molecule has 0 radical (unpaired) electrons. The van der Waals surface area contributed by atoms with Crippen molar-refractivity contribution in [3.05, 3.63) is 27.7 Å². The number of benzene rings is 1. The quantitative estimate of drug-likeness (QED) is 0.866. The van der Waals surface area contributed by atoms with Crippen molar-refractivity contribution < 1.29 is 4.74 Å². The Balaban J connectivity index is 0.00000132. The maximum Gasteiger partial charge on any atom is 0.127 e. The van der Waals surface area contributed by atoms with Gasteiger partial charge in [0.05, 0.1) is 6.61 Å². The molecule has 1 aliphatic carbocycles. The minimum absolute atomic E-state index is 0. The number of nitrogens with zero attached hydrogens (tertiary/aromatic N) is 1. The van der Waals surface area contributed by atoms with Gasteiger partial charge in [-0.25, -0.2) is 0 Å². The van der Waals surface area contributed by atoms with Crippen LogP contribution in [0.5, 0.6) is 5.75 Å². The topological polar surface area (TPSA) is 38.5 Å². The summed E-state index contributed by atoms with van der Waals surface area (Å²) in [5.74, 6) is 2.68. The van der Waals surface area contributed by atoms with Crippen molar-refractivity contribution >= 4 is 28.3 Å². The second-order valence-corrected chi connectivity index (χ2v) is 7.43. The fourth-order valence-electron chi connectivity index (χ4n) is 4.23. The van der Waals surface area contributed by atoms with Crippen LogP contribution in [0.4, 0.5) is 0 Å². The Labute approximate surface area is 140 Å². The van der Waals surface area contributed by atoms with Crippen LogP contribution in [0.15, 0.2) is 16.6 Å². The molecule has 5 heteroatoms. The molecule has 2 aliphatic heterocycles. The lowest BCUT2D eigenvalue weighted by molar-refractivity contribution is 0.288. The fraction of sp³-hybridized carbons (Fsp3) is 0.625. The fourth-order valence-corrected chi connectivity index (χ4v) is 4.79.